The van der Waals surface area contributed by atoms with Gasteiger partial charge in [0.05, 0.1) is 25.1 Å². The molecule has 2 aromatic rings. The van der Waals surface area contributed by atoms with Crippen LogP contribution in [-0.4, -0.2) is 59.8 Å². The van der Waals surface area contributed by atoms with Crippen LogP contribution in [0.15, 0.2) is 12.7 Å². The van der Waals surface area contributed by atoms with Gasteiger partial charge in [-0.2, -0.15) is 0 Å². The number of aromatic nitrogens is 4. The standard InChI is InChI=1S/C11H15N5O4/c12-9-7-10(14-3-13-9)16(4-15-7)11-8(19)6(18)1-5(17)2-20-11/h3-6,8,11,17-19H,1-2H2,(H2,12,13,14)/t5?,6?,8?,11-/m1/s1. The maximum absolute atomic E-state index is 10.1. The van der Waals surface area contributed by atoms with Crippen LogP contribution in [0.3, 0.4) is 0 Å². The fourth-order valence-corrected chi connectivity index (χ4v) is 2.29. The molecule has 0 saturated carbocycles. The lowest BCUT2D eigenvalue weighted by Crippen LogP contribution is -2.35. The smallest absolute Gasteiger partial charge is 0.167 e. The molecule has 0 bridgehead atoms. The Kier molecular flexibility index (Phi) is 3.26. The first-order chi connectivity index (χ1) is 9.58. The molecule has 3 heterocycles. The largest absolute Gasteiger partial charge is 0.391 e. The van der Waals surface area contributed by atoms with Gasteiger partial charge >= 0.3 is 0 Å². The molecule has 3 unspecified atom stereocenters. The normalized spacial score (nSPS) is 31.4. The zero-order chi connectivity index (χ0) is 14.3. The van der Waals surface area contributed by atoms with Crippen LogP contribution in [0, 0.1) is 0 Å². The summed E-state index contributed by atoms with van der Waals surface area (Å²) < 4.78 is 6.92. The second kappa shape index (κ2) is 4.94. The summed E-state index contributed by atoms with van der Waals surface area (Å²) >= 11 is 0. The molecule has 1 aliphatic heterocycles. The first-order valence-corrected chi connectivity index (χ1v) is 6.16. The zero-order valence-electron chi connectivity index (χ0n) is 10.5. The highest BCUT2D eigenvalue weighted by Gasteiger charge is 2.35. The molecule has 3 rings (SSSR count). The van der Waals surface area contributed by atoms with E-state index in [0.717, 1.165) is 0 Å². The van der Waals surface area contributed by atoms with Crippen LogP contribution in [0.2, 0.25) is 0 Å². The van der Waals surface area contributed by atoms with Gasteiger partial charge in [0.1, 0.15) is 17.9 Å². The average molecular weight is 281 g/mol. The molecule has 0 amide bonds. The molecular formula is C11H15N5O4. The molecule has 0 radical (unpaired) electrons. The fraction of sp³-hybridized carbons (Fsp3) is 0.545. The van der Waals surface area contributed by atoms with E-state index in [1.165, 1.54) is 17.2 Å². The number of fused-ring (bicyclic) bond motifs is 1. The Morgan fingerprint density at radius 1 is 1.25 bits per heavy atom. The Balaban J connectivity index is 2.03. The van der Waals surface area contributed by atoms with Crippen LogP contribution < -0.4 is 5.73 Å². The predicted octanol–water partition coefficient (Wildman–Crippen LogP) is -1.59. The van der Waals surface area contributed by atoms with E-state index in [9.17, 15) is 15.3 Å². The highest BCUT2D eigenvalue weighted by molar-refractivity contribution is 5.81. The Hall–Kier alpha value is -1.81. The summed E-state index contributed by atoms with van der Waals surface area (Å²) in [6.07, 6.45) is -1.31. The van der Waals surface area contributed by atoms with Crippen molar-refractivity contribution in [3.63, 3.8) is 0 Å². The van der Waals surface area contributed by atoms with Gasteiger partial charge in [-0.25, -0.2) is 15.0 Å². The average Bonchev–Trinajstić information content (AvgIpc) is 2.79. The number of nitrogens with two attached hydrogens (primary N) is 1. The molecule has 1 saturated heterocycles. The van der Waals surface area contributed by atoms with Crippen LogP contribution in [0.25, 0.3) is 11.2 Å². The monoisotopic (exact) mass is 281 g/mol. The van der Waals surface area contributed by atoms with Crippen LogP contribution in [0.4, 0.5) is 5.82 Å². The van der Waals surface area contributed by atoms with Gasteiger partial charge in [0, 0.05) is 6.42 Å². The number of nitrogens with zero attached hydrogens (tertiary/aromatic N) is 4. The van der Waals surface area contributed by atoms with Gasteiger partial charge in [-0.05, 0) is 0 Å². The molecule has 20 heavy (non-hydrogen) atoms. The topological polar surface area (TPSA) is 140 Å². The molecule has 0 aromatic carbocycles. The minimum atomic E-state index is -1.21. The van der Waals surface area contributed by atoms with E-state index in [4.69, 9.17) is 10.5 Å². The fourth-order valence-electron chi connectivity index (χ4n) is 2.29. The van der Waals surface area contributed by atoms with Crippen molar-refractivity contribution in [1.29, 1.82) is 0 Å². The summed E-state index contributed by atoms with van der Waals surface area (Å²) in [5, 5.41) is 29.6. The molecule has 5 N–H and O–H groups in total. The van der Waals surface area contributed by atoms with Gasteiger partial charge in [-0.15, -0.1) is 0 Å². The lowest BCUT2D eigenvalue weighted by atomic mass is 10.1. The van der Waals surface area contributed by atoms with Crippen molar-refractivity contribution < 1.29 is 20.1 Å². The zero-order valence-corrected chi connectivity index (χ0v) is 10.5. The number of hydrogen-bond acceptors (Lipinski definition) is 8. The van der Waals surface area contributed by atoms with Crippen molar-refractivity contribution in [3.05, 3.63) is 12.7 Å². The predicted molar refractivity (Wildman–Crippen MR) is 67.4 cm³/mol. The summed E-state index contributed by atoms with van der Waals surface area (Å²) in [5.41, 5.74) is 6.48. The Labute approximate surface area is 113 Å². The molecule has 0 aliphatic carbocycles. The minimum absolute atomic E-state index is 0.000967. The van der Waals surface area contributed by atoms with Crippen molar-refractivity contribution in [2.75, 3.05) is 12.3 Å². The van der Waals surface area contributed by atoms with Crippen molar-refractivity contribution in [3.8, 4) is 0 Å². The van der Waals surface area contributed by atoms with Crippen molar-refractivity contribution >= 4 is 17.0 Å². The second-order valence-electron chi connectivity index (χ2n) is 4.75. The van der Waals surface area contributed by atoms with Gasteiger partial charge < -0.3 is 25.8 Å². The number of hydrogen-bond donors (Lipinski definition) is 4. The molecule has 2 aromatic heterocycles. The number of imidazole rings is 1. The van der Waals surface area contributed by atoms with E-state index in [1.54, 1.807) is 0 Å². The summed E-state index contributed by atoms with van der Waals surface area (Å²) in [6.45, 7) is -0.000967. The van der Waals surface area contributed by atoms with Gasteiger partial charge in [-0.1, -0.05) is 0 Å². The number of ether oxygens (including phenoxy) is 1. The van der Waals surface area contributed by atoms with Crippen LogP contribution in [0.5, 0.6) is 0 Å². The highest BCUT2D eigenvalue weighted by atomic mass is 16.5. The number of aliphatic hydroxyl groups is 3. The first kappa shape index (κ1) is 13.2. The van der Waals surface area contributed by atoms with E-state index in [2.05, 4.69) is 15.0 Å². The summed E-state index contributed by atoms with van der Waals surface area (Å²) in [4.78, 5) is 12.0. The Bertz CT molecular complexity index is 618. The number of rotatable bonds is 1. The highest BCUT2D eigenvalue weighted by Crippen LogP contribution is 2.27. The van der Waals surface area contributed by atoms with Crippen molar-refractivity contribution in [2.45, 2.75) is 31.0 Å². The molecule has 9 nitrogen and oxygen atoms in total. The molecular weight excluding hydrogens is 266 g/mol. The summed E-state index contributed by atoms with van der Waals surface area (Å²) in [5.74, 6) is 0.220. The van der Waals surface area contributed by atoms with Gasteiger partial charge in [0.2, 0.25) is 0 Å². The number of aliphatic hydroxyl groups excluding tert-OH is 3. The molecule has 0 spiro atoms. The van der Waals surface area contributed by atoms with E-state index in [1.807, 2.05) is 0 Å². The molecule has 4 atom stereocenters. The first-order valence-electron chi connectivity index (χ1n) is 6.16. The van der Waals surface area contributed by atoms with Crippen molar-refractivity contribution in [1.82, 2.24) is 19.5 Å². The minimum Gasteiger partial charge on any atom is -0.391 e. The number of anilines is 1. The maximum Gasteiger partial charge on any atom is 0.167 e. The van der Waals surface area contributed by atoms with Gasteiger partial charge in [-0.3, -0.25) is 4.57 Å². The van der Waals surface area contributed by atoms with E-state index in [-0.39, 0.29) is 18.8 Å². The van der Waals surface area contributed by atoms with Crippen LogP contribution >= 0.6 is 0 Å². The summed E-state index contributed by atoms with van der Waals surface area (Å²) in [6, 6.07) is 0. The van der Waals surface area contributed by atoms with Crippen LogP contribution in [0.1, 0.15) is 12.6 Å². The second-order valence-corrected chi connectivity index (χ2v) is 4.75. The lowest BCUT2D eigenvalue weighted by molar-refractivity contribution is -0.108. The third-order valence-corrected chi connectivity index (χ3v) is 3.32. The lowest BCUT2D eigenvalue weighted by Gasteiger charge is -2.24. The third-order valence-electron chi connectivity index (χ3n) is 3.32. The molecule has 9 heteroatoms. The van der Waals surface area contributed by atoms with Gasteiger partial charge in [0.25, 0.3) is 0 Å². The quantitative estimate of drug-likeness (QED) is 0.490. The van der Waals surface area contributed by atoms with Crippen LogP contribution in [-0.2, 0) is 4.74 Å². The molecule has 1 fully saturated rings. The third kappa shape index (κ3) is 2.10. The van der Waals surface area contributed by atoms with E-state index < -0.39 is 24.5 Å². The SMILES string of the molecule is Nc1ncnc2c1ncn2[C@@H]1OCC(O)CC(O)C1O. The Morgan fingerprint density at radius 3 is 2.85 bits per heavy atom. The van der Waals surface area contributed by atoms with E-state index in [0.29, 0.717) is 11.2 Å². The molecule has 1 aliphatic rings. The maximum atomic E-state index is 10.1. The number of nitrogen functional groups attached to an aromatic ring is 1. The van der Waals surface area contributed by atoms with E-state index >= 15 is 0 Å². The summed E-state index contributed by atoms with van der Waals surface area (Å²) in [7, 11) is 0. The Morgan fingerprint density at radius 2 is 2.05 bits per heavy atom. The molecule has 108 valence electrons. The van der Waals surface area contributed by atoms with Gasteiger partial charge in [0.15, 0.2) is 17.7 Å². The van der Waals surface area contributed by atoms with Crippen molar-refractivity contribution in [2.24, 2.45) is 0 Å².